The largest absolute Gasteiger partial charge is 0.462 e. The van der Waals surface area contributed by atoms with Crippen molar-refractivity contribution in [1.82, 2.24) is 9.80 Å². The Labute approximate surface area is 158 Å². The van der Waals surface area contributed by atoms with E-state index < -0.39 is 0 Å². The van der Waals surface area contributed by atoms with E-state index in [4.69, 9.17) is 4.74 Å². The van der Waals surface area contributed by atoms with E-state index >= 15 is 0 Å². The van der Waals surface area contributed by atoms with Crippen LogP contribution in [0, 0.1) is 23.2 Å². The van der Waals surface area contributed by atoms with Gasteiger partial charge in [0.1, 0.15) is 6.10 Å². The van der Waals surface area contributed by atoms with Crippen molar-refractivity contribution in [2.75, 3.05) is 33.7 Å². The smallest absolute Gasteiger partial charge is 0.310 e. The van der Waals surface area contributed by atoms with E-state index in [2.05, 4.69) is 37.4 Å². The van der Waals surface area contributed by atoms with Crippen molar-refractivity contribution < 1.29 is 9.53 Å². The molecule has 2 aliphatic heterocycles. The van der Waals surface area contributed by atoms with Gasteiger partial charge in [-0.2, -0.15) is 0 Å². The molecule has 0 aromatic heterocycles. The molecule has 4 fully saturated rings. The molecule has 2 saturated carbocycles. The van der Waals surface area contributed by atoms with E-state index in [9.17, 15) is 4.79 Å². The van der Waals surface area contributed by atoms with Crippen LogP contribution in [-0.2, 0) is 9.53 Å². The average molecular weight is 361 g/mol. The summed E-state index contributed by atoms with van der Waals surface area (Å²) in [6, 6.07) is 0.608. The molecule has 26 heavy (non-hydrogen) atoms. The fourth-order valence-electron chi connectivity index (χ4n) is 6.36. The molecule has 4 nitrogen and oxygen atoms in total. The summed E-state index contributed by atoms with van der Waals surface area (Å²) >= 11 is 0. The van der Waals surface area contributed by atoms with Crippen molar-refractivity contribution >= 4 is 5.97 Å². The predicted octanol–water partition coefficient (Wildman–Crippen LogP) is 3.33. The van der Waals surface area contributed by atoms with Gasteiger partial charge in [-0.15, -0.1) is 0 Å². The number of fused-ring (bicyclic) bond motifs is 2. The van der Waals surface area contributed by atoms with E-state index in [0.717, 1.165) is 32.5 Å². The van der Waals surface area contributed by atoms with Gasteiger partial charge < -0.3 is 14.5 Å². The van der Waals surface area contributed by atoms with E-state index in [1.54, 1.807) is 0 Å². The molecule has 2 saturated heterocycles. The summed E-state index contributed by atoms with van der Waals surface area (Å²) in [4.78, 5) is 17.6. The summed E-state index contributed by atoms with van der Waals surface area (Å²) in [5, 5.41) is 0. The zero-order valence-electron chi connectivity index (χ0n) is 16.9. The SMILES string of the molecule is C=C1CCC[C@]2(C)C[C@H]3OC(=O)C(CN(C)C4CCN(C)CC4)[C@H]3CC12. The molecular weight excluding hydrogens is 324 g/mol. The van der Waals surface area contributed by atoms with Crippen LogP contribution in [0.1, 0.15) is 51.9 Å². The van der Waals surface area contributed by atoms with Gasteiger partial charge in [-0.05, 0) is 83.5 Å². The van der Waals surface area contributed by atoms with Crippen LogP contribution in [0.4, 0.5) is 0 Å². The first-order valence-corrected chi connectivity index (χ1v) is 10.6. The summed E-state index contributed by atoms with van der Waals surface area (Å²) in [7, 11) is 4.41. The highest BCUT2D eigenvalue weighted by atomic mass is 16.6. The van der Waals surface area contributed by atoms with Gasteiger partial charge in [-0.3, -0.25) is 4.79 Å². The Morgan fingerprint density at radius 2 is 2.08 bits per heavy atom. The molecule has 146 valence electrons. The number of rotatable bonds is 3. The number of piperidine rings is 1. The molecule has 2 aliphatic carbocycles. The lowest BCUT2D eigenvalue weighted by atomic mass is 9.55. The van der Waals surface area contributed by atoms with Crippen LogP contribution in [-0.4, -0.2) is 61.6 Å². The Hall–Kier alpha value is -0.870. The molecule has 5 atom stereocenters. The third-order valence-electron chi connectivity index (χ3n) is 8.12. The number of esters is 1. The van der Waals surface area contributed by atoms with Gasteiger partial charge in [0.15, 0.2) is 0 Å². The highest BCUT2D eigenvalue weighted by Crippen LogP contribution is 2.56. The Balaban J connectivity index is 1.44. The maximum Gasteiger partial charge on any atom is 0.310 e. The minimum Gasteiger partial charge on any atom is -0.462 e. The maximum absolute atomic E-state index is 12.7. The summed E-state index contributed by atoms with van der Waals surface area (Å²) in [6.45, 7) is 10.0. The number of carbonyl (C=O) groups excluding carboxylic acids is 1. The van der Waals surface area contributed by atoms with Gasteiger partial charge in [0.05, 0.1) is 5.92 Å². The van der Waals surface area contributed by atoms with Gasteiger partial charge in [0, 0.05) is 18.5 Å². The quantitative estimate of drug-likeness (QED) is 0.571. The van der Waals surface area contributed by atoms with Crippen molar-refractivity contribution in [3.8, 4) is 0 Å². The van der Waals surface area contributed by atoms with Crippen LogP contribution >= 0.6 is 0 Å². The fourth-order valence-corrected chi connectivity index (χ4v) is 6.36. The summed E-state index contributed by atoms with van der Waals surface area (Å²) < 4.78 is 5.93. The van der Waals surface area contributed by atoms with Crippen LogP contribution in [0.3, 0.4) is 0 Å². The number of allylic oxidation sites excluding steroid dienone is 1. The van der Waals surface area contributed by atoms with Gasteiger partial charge >= 0.3 is 5.97 Å². The van der Waals surface area contributed by atoms with Crippen LogP contribution in [0.2, 0.25) is 0 Å². The fraction of sp³-hybridized carbons (Fsp3) is 0.864. The Morgan fingerprint density at radius 1 is 1.35 bits per heavy atom. The van der Waals surface area contributed by atoms with E-state index in [1.807, 2.05) is 0 Å². The molecule has 0 N–H and O–H groups in total. The average Bonchev–Trinajstić information content (AvgIpc) is 2.88. The summed E-state index contributed by atoms with van der Waals surface area (Å²) in [5.41, 5.74) is 1.73. The highest BCUT2D eigenvalue weighted by Gasteiger charge is 2.55. The van der Waals surface area contributed by atoms with Gasteiger partial charge in [-0.1, -0.05) is 19.1 Å². The van der Waals surface area contributed by atoms with E-state index in [0.29, 0.717) is 23.3 Å². The van der Waals surface area contributed by atoms with E-state index in [-0.39, 0.29) is 18.0 Å². The standard InChI is InChI=1S/C22H36N2O2/c1-15-6-5-9-22(2)13-20-17(12-19(15)22)18(21(25)26-20)14-24(4)16-7-10-23(3)11-8-16/h16-20H,1,5-14H2,2-4H3/t17-,18?,19?,20-,22-/m1/s1. The third kappa shape index (κ3) is 3.24. The number of hydrogen-bond acceptors (Lipinski definition) is 4. The van der Waals surface area contributed by atoms with Gasteiger partial charge in [-0.25, -0.2) is 0 Å². The second kappa shape index (κ2) is 6.94. The number of nitrogens with zero attached hydrogens (tertiary/aromatic N) is 2. The molecule has 0 radical (unpaired) electrons. The van der Waals surface area contributed by atoms with Crippen LogP contribution in [0.5, 0.6) is 0 Å². The lowest BCUT2D eigenvalue weighted by Gasteiger charge is -2.50. The first kappa shape index (κ1) is 18.5. The number of carbonyl (C=O) groups is 1. The number of likely N-dealkylation sites (tertiary alicyclic amines) is 1. The first-order chi connectivity index (χ1) is 12.4. The van der Waals surface area contributed by atoms with E-state index in [1.165, 1.54) is 37.7 Å². The molecule has 0 aromatic rings. The topological polar surface area (TPSA) is 32.8 Å². The highest BCUT2D eigenvalue weighted by molar-refractivity contribution is 5.75. The van der Waals surface area contributed by atoms with Crippen LogP contribution in [0.25, 0.3) is 0 Å². The second-order valence-electron chi connectivity index (χ2n) is 9.88. The summed E-state index contributed by atoms with van der Waals surface area (Å²) in [5.74, 6) is 1.10. The van der Waals surface area contributed by atoms with Crippen molar-refractivity contribution in [1.29, 1.82) is 0 Å². The lowest BCUT2D eigenvalue weighted by molar-refractivity contribution is -0.146. The molecule has 2 heterocycles. The van der Waals surface area contributed by atoms with Crippen LogP contribution in [0.15, 0.2) is 12.2 Å². The number of ether oxygens (including phenoxy) is 1. The molecule has 4 rings (SSSR count). The minimum atomic E-state index is 0.0592. The molecule has 2 unspecified atom stereocenters. The lowest BCUT2D eigenvalue weighted by Crippen LogP contribution is -2.47. The Morgan fingerprint density at radius 3 is 2.81 bits per heavy atom. The Bertz CT molecular complexity index is 568. The van der Waals surface area contributed by atoms with Gasteiger partial charge in [0.25, 0.3) is 0 Å². The Kier molecular flexibility index (Phi) is 4.94. The second-order valence-corrected chi connectivity index (χ2v) is 9.88. The van der Waals surface area contributed by atoms with Crippen molar-refractivity contribution in [2.24, 2.45) is 23.2 Å². The monoisotopic (exact) mass is 360 g/mol. The molecule has 0 bridgehead atoms. The number of hydrogen-bond donors (Lipinski definition) is 0. The zero-order chi connectivity index (χ0) is 18.5. The maximum atomic E-state index is 12.7. The third-order valence-corrected chi connectivity index (χ3v) is 8.12. The molecule has 0 aromatic carbocycles. The molecule has 0 amide bonds. The molecule has 0 spiro atoms. The van der Waals surface area contributed by atoms with Gasteiger partial charge in [0.2, 0.25) is 0 Å². The van der Waals surface area contributed by atoms with Crippen molar-refractivity contribution in [2.45, 2.75) is 64.0 Å². The first-order valence-electron chi connectivity index (χ1n) is 10.6. The zero-order valence-corrected chi connectivity index (χ0v) is 16.9. The minimum absolute atomic E-state index is 0.0592. The van der Waals surface area contributed by atoms with Crippen LogP contribution < -0.4 is 0 Å². The van der Waals surface area contributed by atoms with Crippen molar-refractivity contribution in [3.63, 3.8) is 0 Å². The molecule has 4 heteroatoms. The molecule has 4 aliphatic rings. The summed E-state index contributed by atoms with van der Waals surface area (Å²) in [6.07, 6.45) is 8.40. The normalized spacial score (nSPS) is 41.8. The molecular formula is C22H36N2O2. The predicted molar refractivity (Wildman–Crippen MR) is 104 cm³/mol. The van der Waals surface area contributed by atoms with Crippen molar-refractivity contribution in [3.05, 3.63) is 12.2 Å².